The number of hydrogen-bond acceptors (Lipinski definition) is 10. The Labute approximate surface area is 372 Å². The van der Waals surface area contributed by atoms with E-state index in [0.29, 0.717) is 61.5 Å². The van der Waals surface area contributed by atoms with E-state index in [1.807, 2.05) is 74.5 Å². The predicted octanol–water partition coefficient (Wildman–Crippen LogP) is 7.74. The Morgan fingerprint density at radius 2 is 0.828 bits per heavy atom. The first-order valence-corrected chi connectivity index (χ1v) is 22.0. The van der Waals surface area contributed by atoms with Crippen LogP contribution < -0.4 is 9.47 Å². The van der Waals surface area contributed by atoms with Crippen molar-refractivity contribution in [2.45, 2.75) is 77.7 Å². The molecule has 0 aliphatic heterocycles. The molecule has 0 saturated heterocycles. The minimum Gasteiger partial charge on any atom is -0.478 e. The van der Waals surface area contributed by atoms with E-state index in [9.17, 15) is 29.4 Å². The van der Waals surface area contributed by atoms with Gasteiger partial charge < -0.3 is 39.0 Å². The SMILES string of the molecule is CCCN(Cc1ccc(Oc2ccccc2)cc1)C(=O)[C@H]1[C@@H](C(=O)OC(C(=O)O)C2CC2)[C@H](C(=O)OC(C(=O)O)C2CC2)[C@@H]1C(=O)N(CCC)Cc1ccc(Oc2ccccc2)cc1. The van der Waals surface area contributed by atoms with Gasteiger partial charge in [-0.3, -0.25) is 19.2 Å². The molecular formula is C50H54N2O12. The average Bonchev–Trinajstić information content (AvgIpc) is 4.22. The van der Waals surface area contributed by atoms with Crippen molar-refractivity contribution in [2.24, 2.45) is 35.5 Å². The third-order valence-corrected chi connectivity index (χ3v) is 11.9. The summed E-state index contributed by atoms with van der Waals surface area (Å²) < 4.78 is 23.2. The van der Waals surface area contributed by atoms with E-state index in [1.54, 1.807) is 48.5 Å². The van der Waals surface area contributed by atoms with E-state index in [0.717, 1.165) is 11.1 Å². The minimum absolute atomic E-state index is 0.0747. The zero-order valence-electron chi connectivity index (χ0n) is 36.0. The van der Waals surface area contributed by atoms with Crippen LogP contribution in [0.2, 0.25) is 0 Å². The lowest BCUT2D eigenvalue weighted by molar-refractivity contribution is -0.200. The molecular weight excluding hydrogens is 821 g/mol. The molecule has 3 fully saturated rings. The predicted molar refractivity (Wildman–Crippen MR) is 232 cm³/mol. The van der Waals surface area contributed by atoms with Gasteiger partial charge >= 0.3 is 23.9 Å². The van der Waals surface area contributed by atoms with Crippen LogP contribution in [0.15, 0.2) is 109 Å². The van der Waals surface area contributed by atoms with Crippen molar-refractivity contribution >= 4 is 35.7 Å². The largest absolute Gasteiger partial charge is 0.478 e. The van der Waals surface area contributed by atoms with Crippen LogP contribution in [-0.4, -0.2) is 81.0 Å². The van der Waals surface area contributed by atoms with Gasteiger partial charge in [-0.2, -0.15) is 0 Å². The molecule has 4 aromatic carbocycles. The summed E-state index contributed by atoms with van der Waals surface area (Å²) in [5.74, 6) is -10.9. The highest BCUT2D eigenvalue weighted by Gasteiger charge is 2.66. The summed E-state index contributed by atoms with van der Waals surface area (Å²) in [6, 6.07) is 32.8. The summed E-state index contributed by atoms with van der Waals surface area (Å²) in [5.41, 5.74) is 1.44. The monoisotopic (exact) mass is 874 g/mol. The minimum atomic E-state index is -1.64. The standard InChI is InChI=1S/C50H54N2O12/c1-3-27-51(29-31-15-23-37(24-16-31)61-35-11-7-5-8-12-35)45(53)39-40(46(54)52(28-4-2)30-32-17-25-38(26-18-32)62-36-13-9-6-10-14-36)42(50(60)64-44(48(57)58)34-21-22-34)41(39)49(59)63-43(47(55)56)33-19-20-33/h5-18,23-26,33-34,39-44H,3-4,19-22,27-30H2,1-2H3,(H,55,56)(H,57,58)/t39-,40-,41-,42-,43?,44?/m1/s1. The van der Waals surface area contributed by atoms with Gasteiger partial charge in [0.25, 0.3) is 0 Å². The number of esters is 2. The van der Waals surface area contributed by atoms with Gasteiger partial charge in [-0.05, 0) is 98.2 Å². The van der Waals surface area contributed by atoms with Gasteiger partial charge in [0, 0.05) is 38.0 Å². The maximum atomic E-state index is 15.1. The van der Waals surface area contributed by atoms with Crippen LogP contribution in [0.1, 0.15) is 63.5 Å². The molecule has 14 nitrogen and oxygen atoms in total. The number of carboxylic acids is 2. The van der Waals surface area contributed by atoms with Gasteiger partial charge in [0.2, 0.25) is 24.0 Å². The molecule has 7 rings (SSSR count). The van der Waals surface area contributed by atoms with E-state index in [2.05, 4.69) is 0 Å². The molecule has 0 aromatic heterocycles. The Morgan fingerprint density at radius 3 is 1.12 bits per heavy atom. The molecule has 2 N–H and O–H groups in total. The Bertz CT molecular complexity index is 2100. The molecule has 2 amide bonds. The second kappa shape index (κ2) is 20.7. The third-order valence-electron chi connectivity index (χ3n) is 11.9. The number of amides is 2. The number of carboxylic acid groups (broad SMARTS) is 2. The van der Waals surface area contributed by atoms with Crippen molar-refractivity contribution in [2.75, 3.05) is 13.1 Å². The Morgan fingerprint density at radius 1 is 0.500 bits per heavy atom. The smallest absolute Gasteiger partial charge is 0.345 e. The molecule has 3 aliphatic carbocycles. The molecule has 3 saturated carbocycles. The zero-order valence-corrected chi connectivity index (χ0v) is 36.0. The number of rotatable bonds is 22. The molecule has 4 aromatic rings. The first-order valence-electron chi connectivity index (χ1n) is 22.0. The fourth-order valence-corrected chi connectivity index (χ4v) is 8.36. The van der Waals surface area contributed by atoms with Crippen LogP contribution in [0.25, 0.3) is 0 Å². The molecule has 336 valence electrons. The number of benzene rings is 4. The molecule has 14 heteroatoms. The first-order chi connectivity index (χ1) is 30.9. The summed E-state index contributed by atoms with van der Waals surface area (Å²) in [7, 11) is 0. The van der Waals surface area contributed by atoms with Gasteiger partial charge in [0.1, 0.15) is 23.0 Å². The maximum Gasteiger partial charge on any atom is 0.345 e. The van der Waals surface area contributed by atoms with E-state index in [1.165, 1.54) is 9.80 Å². The van der Waals surface area contributed by atoms with E-state index < -0.39 is 83.4 Å². The topological polar surface area (TPSA) is 186 Å². The molecule has 2 unspecified atom stereocenters. The van der Waals surface area contributed by atoms with Gasteiger partial charge in [0.05, 0.1) is 23.7 Å². The lowest BCUT2D eigenvalue weighted by atomic mass is 9.55. The quantitative estimate of drug-likeness (QED) is 0.0733. The van der Waals surface area contributed by atoms with Crippen molar-refractivity contribution in [1.29, 1.82) is 0 Å². The van der Waals surface area contributed by atoms with Crippen molar-refractivity contribution in [3.63, 3.8) is 0 Å². The number of carbonyl (C=O) groups is 6. The number of hydrogen-bond donors (Lipinski definition) is 2. The maximum absolute atomic E-state index is 15.1. The van der Waals surface area contributed by atoms with E-state index >= 15 is 9.59 Å². The fraction of sp³-hybridized carbons (Fsp3) is 0.400. The molecule has 0 radical (unpaired) electrons. The van der Waals surface area contributed by atoms with Crippen LogP contribution >= 0.6 is 0 Å². The van der Waals surface area contributed by atoms with Gasteiger partial charge in [0.15, 0.2) is 0 Å². The highest BCUT2D eigenvalue weighted by Crippen LogP contribution is 2.51. The zero-order chi connectivity index (χ0) is 45.3. The normalized spacial score (nSPS) is 19.8. The summed E-state index contributed by atoms with van der Waals surface area (Å²) >= 11 is 0. The van der Waals surface area contributed by atoms with Gasteiger partial charge in [-0.25, -0.2) is 9.59 Å². The third kappa shape index (κ3) is 11.1. The summed E-state index contributed by atoms with van der Waals surface area (Å²) in [4.78, 5) is 86.7. The van der Waals surface area contributed by atoms with Crippen LogP contribution in [0.3, 0.4) is 0 Å². The number of para-hydroxylation sites is 2. The Balaban J connectivity index is 1.21. The van der Waals surface area contributed by atoms with Crippen LogP contribution in [0, 0.1) is 35.5 Å². The van der Waals surface area contributed by atoms with Crippen LogP contribution in [-0.2, 0) is 51.3 Å². The lowest BCUT2D eigenvalue weighted by Crippen LogP contribution is -2.65. The van der Waals surface area contributed by atoms with Crippen molar-refractivity contribution in [1.82, 2.24) is 9.80 Å². The lowest BCUT2D eigenvalue weighted by Gasteiger charge is -2.49. The Kier molecular flexibility index (Phi) is 14.6. The average molecular weight is 875 g/mol. The number of ether oxygens (including phenoxy) is 4. The Hall–Kier alpha value is -6.70. The fourth-order valence-electron chi connectivity index (χ4n) is 8.36. The van der Waals surface area contributed by atoms with E-state index in [4.69, 9.17) is 18.9 Å². The molecule has 0 spiro atoms. The highest BCUT2D eigenvalue weighted by atomic mass is 16.6. The molecule has 3 aliphatic rings. The number of nitrogens with zero attached hydrogens (tertiary/aromatic N) is 2. The summed E-state index contributed by atoms with van der Waals surface area (Å²) in [6.45, 7) is 4.34. The van der Waals surface area contributed by atoms with Crippen molar-refractivity contribution < 1.29 is 57.9 Å². The second-order valence-corrected chi connectivity index (χ2v) is 16.8. The summed E-state index contributed by atoms with van der Waals surface area (Å²) in [6.07, 6.45) is -0.00498. The van der Waals surface area contributed by atoms with Crippen molar-refractivity contribution in [3.8, 4) is 23.0 Å². The van der Waals surface area contributed by atoms with Crippen molar-refractivity contribution in [3.05, 3.63) is 120 Å². The molecule has 0 heterocycles. The number of aliphatic carboxylic acids is 2. The summed E-state index contributed by atoms with van der Waals surface area (Å²) in [5, 5.41) is 20.1. The van der Waals surface area contributed by atoms with Crippen LogP contribution in [0.5, 0.6) is 23.0 Å². The molecule has 0 bridgehead atoms. The molecule has 64 heavy (non-hydrogen) atoms. The number of carbonyl (C=O) groups excluding carboxylic acids is 4. The first kappa shape index (κ1) is 45.3. The van der Waals surface area contributed by atoms with Crippen LogP contribution in [0.4, 0.5) is 0 Å². The highest BCUT2D eigenvalue weighted by molar-refractivity contribution is 6.01. The molecule has 6 atom stereocenters. The van der Waals surface area contributed by atoms with Gasteiger partial charge in [-0.1, -0.05) is 74.5 Å². The second-order valence-electron chi connectivity index (χ2n) is 16.8. The van der Waals surface area contributed by atoms with E-state index in [-0.39, 0.29) is 26.2 Å². The van der Waals surface area contributed by atoms with Gasteiger partial charge in [-0.15, -0.1) is 0 Å².